The molecule has 0 aromatic heterocycles. The smallest absolute Gasteiger partial charge is 0.387 e. The Morgan fingerprint density at radius 1 is 1.07 bits per heavy atom. The maximum atomic E-state index is 12.7. The molecule has 1 atom stereocenters. The van der Waals surface area contributed by atoms with Gasteiger partial charge in [0, 0.05) is 6.04 Å². The van der Waals surface area contributed by atoms with Crippen molar-refractivity contribution in [3.8, 4) is 5.75 Å². The number of esters is 1. The Morgan fingerprint density at radius 3 is 2.33 bits per heavy atom. The van der Waals surface area contributed by atoms with E-state index in [-0.39, 0.29) is 23.3 Å². The van der Waals surface area contributed by atoms with Gasteiger partial charge < -0.3 is 14.8 Å². The number of alkyl halides is 2. The van der Waals surface area contributed by atoms with Crippen LogP contribution in [0.5, 0.6) is 5.75 Å². The van der Waals surface area contributed by atoms with Gasteiger partial charge in [0.2, 0.25) is 0 Å². The highest BCUT2D eigenvalue weighted by atomic mass is 19.3. The molecule has 2 aromatic carbocycles. The summed E-state index contributed by atoms with van der Waals surface area (Å²) in [5.74, 6) is -1.01. The lowest BCUT2D eigenvalue weighted by Crippen LogP contribution is -2.35. The summed E-state index contributed by atoms with van der Waals surface area (Å²) < 4.78 is 34.1. The minimum atomic E-state index is -2.91. The summed E-state index contributed by atoms with van der Waals surface area (Å²) in [5, 5.41) is 2.78. The second-order valence-electron chi connectivity index (χ2n) is 6.70. The Hall–Kier alpha value is -3.22. The second-order valence-corrected chi connectivity index (χ2v) is 6.70. The Morgan fingerprint density at radius 2 is 1.73 bits per heavy atom. The zero-order valence-electron chi connectivity index (χ0n) is 16.9. The van der Waals surface area contributed by atoms with Crippen LogP contribution in [0.25, 0.3) is 11.6 Å². The van der Waals surface area contributed by atoms with Crippen molar-refractivity contribution in [3.05, 3.63) is 65.7 Å². The lowest BCUT2D eigenvalue weighted by Gasteiger charge is -2.13. The van der Waals surface area contributed by atoms with Crippen LogP contribution >= 0.6 is 0 Å². The molecule has 2 rings (SSSR count). The minimum absolute atomic E-state index is 0.000638. The zero-order chi connectivity index (χ0) is 21.9. The third-order valence-electron chi connectivity index (χ3n) is 4.18. The molecule has 7 heteroatoms. The fourth-order valence-corrected chi connectivity index (χ4v) is 2.82. The molecule has 0 unspecified atom stereocenters. The van der Waals surface area contributed by atoms with Crippen LogP contribution in [0.4, 0.5) is 8.78 Å². The number of hydrogen-bond acceptors (Lipinski definition) is 4. The van der Waals surface area contributed by atoms with E-state index >= 15 is 0 Å². The molecule has 2 aromatic rings. The fraction of sp³-hybridized carbons (Fsp3) is 0.304. The summed E-state index contributed by atoms with van der Waals surface area (Å²) in [5.41, 5.74) is 1.44. The van der Waals surface area contributed by atoms with Crippen molar-refractivity contribution in [2.75, 3.05) is 6.61 Å². The van der Waals surface area contributed by atoms with Crippen molar-refractivity contribution in [2.24, 2.45) is 0 Å². The number of halogens is 2. The zero-order valence-corrected chi connectivity index (χ0v) is 16.9. The topological polar surface area (TPSA) is 64.6 Å². The first-order valence-electron chi connectivity index (χ1n) is 9.67. The molecular weight excluding hydrogens is 392 g/mol. The number of amides is 1. The molecule has 0 heterocycles. The normalized spacial score (nSPS) is 12.4. The van der Waals surface area contributed by atoms with Gasteiger partial charge in [-0.2, -0.15) is 8.78 Å². The van der Waals surface area contributed by atoms with E-state index in [1.807, 2.05) is 19.9 Å². The highest BCUT2D eigenvalue weighted by Gasteiger charge is 2.16. The van der Waals surface area contributed by atoms with Crippen LogP contribution in [0.2, 0.25) is 0 Å². The maximum Gasteiger partial charge on any atom is 0.387 e. The summed E-state index contributed by atoms with van der Waals surface area (Å²) in [6.07, 6.45) is 3.34. The van der Waals surface area contributed by atoms with Crippen LogP contribution < -0.4 is 10.1 Å². The SMILES string of the molecule is CCC[C@@H](C)NC(=O)COC(=O)/C(=C/c1ccc(OC(F)F)cc1)c1ccccc1. The highest BCUT2D eigenvalue weighted by molar-refractivity contribution is 6.21. The summed E-state index contributed by atoms with van der Waals surface area (Å²) in [4.78, 5) is 24.7. The summed E-state index contributed by atoms with van der Waals surface area (Å²) in [6, 6.07) is 14.7. The summed E-state index contributed by atoms with van der Waals surface area (Å²) in [7, 11) is 0. The van der Waals surface area contributed by atoms with Crippen molar-refractivity contribution in [1.82, 2.24) is 5.32 Å². The third-order valence-corrected chi connectivity index (χ3v) is 4.18. The highest BCUT2D eigenvalue weighted by Crippen LogP contribution is 2.22. The van der Waals surface area contributed by atoms with Crippen molar-refractivity contribution < 1.29 is 27.8 Å². The molecule has 160 valence electrons. The van der Waals surface area contributed by atoms with Gasteiger partial charge in [-0.05, 0) is 42.7 Å². The average molecular weight is 417 g/mol. The Labute approximate surface area is 174 Å². The van der Waals surface area contributed by atoms with Crippen LogP contribution in [-0.4, -0.2) is 31.1 Å². The fourth-order valence-electron chi connectivity index (χ4n) is 2.82. The molecular formula is C23H25F2NO4. The van der Waals surface area contributed by atoms with Gasteiger partial charge in [-0.15, -0.1) is 0 Å². The number of ether oxygens (including phenoxy) is 2. The minimum Gasteiger partial charge on any atom is -0.452 e. The predicted molar refractivity (Wildman–Crippen MR) is 111 cm³/mol. The van der Waals surface area contributed by atoms with E-state index in [1.165, 1.54) is 12.1 Å². The molecule has 0 saturated heterocycles. The van der Waals surface area contributed by atoms with Crippen molar-refractivity contribution in [1.29, 1.82) is 0 Å². The molecule has 0 saturated carbocycles. The monoisotopic (exact) mass is 417 g/mol. The summed E-state index contributed by atoms with van der Waals surface area (Å²) >= 11 is 0. The number of rotatable bonds is 10. The molecule has 0 aliphatic carbocycles. The second kappa shape index (κ2) is 11.7. The Bertz CT molecular complexity index is 851. The first kappa shape index (κ1) is 23.1. The van der Waals surface area contributed by atoms with E-state index in [2.05, 4.69) is 10.1 Å². The molecule has 5 nitrogen and oxygen atoms in total. The van der Waals surface area contributed by atoms with E-state index in [9.17, 15) is 18.4 Å². The molecule has 0 fully saturated rings. The van der Waals surface area contributed by atoms with Crippen LogP contribution in [0.3, 0.4) is 0 Å². The van der Waals surface area contributed by atoms with Crippen LogP contribution in [-0.2, 0) is 14.3 Å². The van der Waals surface area contributed by atoms with Crippen molar-refractivity contribution in [3.63, 3.8) is 0 Å². The number of benzene rings is 2. The van der Waals surface area contributed by atoms with Crippen LogP contribution in [0.1, 0.15) is 37.8 Å². The average Bonchev–Trinajstić information content (AvgIpc) is 2.72. The molecule has 0 aliphatic heterocycles. The van der Waals surface area contributed by atoms with Gasteiger partial charge in [0.1, 0.15) is 5.75 Å². The number of carbonyl (C=O) groups excluding carboxylic acids is 2. The number of carbonyl (C=O) groups is 2. The van der Waals surface area contributed by atoms with Crippen molar-refractivity contribution >= 4 is 23.5 Å². The van der Waals surface area contributed by atoms with E-state index in [4.69, 9.17) is 4.74 Å². The first-order chi connectivity index (χ1) is 14.4. The van der Waals surface area contributed by atoms with Gasteiger partial charge in [-0.3, -0.25) is 4.79 Å². The van der Waals surface area contributed by atoms with E-state index in [0.29, 0.717) is 11.1 Å². The molecule has 1 N–H and O–H groups in total. The first-order valence-corrected chi connectivity index (χ1v) is 9.67. The van der Waals surface area contributed by atoms with Gasteiger partial charge in [-0.25, -0.2) is 4.79 Å². The molecule has 0 radical (unpaired) electrons. The molecule has 0 bridgehead atoms. The van der Waals surface area contributed by atoms with Gasteiger partial charge >= 0.3 is 12.6 Å². The number of nitrogens with one attached hydrogen (secondary N) is 1. The molecule has 30 heavy (non-hydrogen) atoms. The lowest BCUT2D eigenvalue weighted by atomic mass is 10.0. The molecule has 1 amide bonds. The molecule has 0 aliphatic rings. The van der Waals surface area contributed by atoms with E-state index in [1.54, 1.807) is 42.5 Å². The summed E-state index contributed by atoms with van der Waals surface area (Å²) in [6.45, 7) is 0.608. The van der Waals surface area contributed by atoms with E-state index < -0.39 is 19.2 Å². The van der Waals surface area contributed by atoms with Crippen molar-refractivity contribution in [2.45, 2.75) is 39.3 Å². The largest absolute Gasteiger partial charge is 0.452 e. The standard InChI is InChI=1S/C23H25F2NO4/c1-3-7-16(2)26-21(27)15-29-22(28)20(18-8-5-4-6-9-18)14-17-10-12-19(13-11-17)30-23(24)25/h4-6,8-14,16,23H,3,7,15H2,1-2H3,(H,26,27)/b20-14+/t16-/m1/s1. The van der Waals surface area contributed by atoms with Gasteiger partial charge in [-0.1, -0.05) is 55.8 Å². The maximum absolute atomic E-state index is 12.7. The quantitative estimate of drug-likeness (QED) is 0.346. The number of hydrogen-bond donors (Lipinski definition) is 1. The lowest BCUT2D eigenvalue weighted by molar-refractivity contribution is -0.143. The van der Waals surface area contributed by atoms with Gasteiger partial charge in [0.05, 0.1) is 5.57 Å². The van der Waals surface area contributed by atoms with Gasteiger partial charge in [0.25, 0.3) is 5.91 Å². The Kier molecular flexibility index (Phi) is 9.00. The van der Waals surface area contributed by atoms with Gasteiger partial charge in [0.15, 0.2) is 6.61 Å². The van der Waals surface area contributed by atoms with Crippen LogP contribution in [0, 0.1) is 0 Å². The van der Waals surface area contributed by atoms with E-state index in [0.717, 1.165) is 12.8 Å². The third kappa shape index (κ3) is 7.66. The predicted octanol–water partition coefficient (Wildman–Crippen LogP) is 4.68. The Balaban J connectivity index is 2.14. The van der Waals surface area contributed by atoms with Crippen LogP contribution in [0.15, 0.2) is 54.6 Å². The molecule has 0 spiro atoms.